The molecule has 0 bridgehead atoms. The molecule has 0 saturated carbocycles. The Morgan fingerprint density at radius 1 is 0.667 bits per heavy atom. The van der Waals surface area contributed by atoms with Crippen molar-refractivity contribution in [3.8, 4) is 0 Å². The Bertz CT molecular complexity index is 369. The van der Waals surface area contributed by atoms with Gasteiger partial charge in [0.25, 0.3) is 0 Å². The smallest absolute Gasteiger partial charge is 0.305 e. The molecule has 27 heavy (non-hydrogen) atoms. The Balaban J connectivity index is 3.19. The second-order valence-electron chi connectivity index (χ2n) is 8.14. The van der Waals surface area contributed by atoms with Crippen LogP contribution < -0.4 is 0 Å². The highest BCUT2D eigenvalue weighted by atomic mass is 16.5. The topological polar surface area (TPSA) is 26.3 Å². The Labute approximate surface area is 169 Å². The first-order valence-electron chi connectivity index (χ1n) is 11.5. The maximum atomic E-state index is 11.0. The summed E-state index contributed by atoms with van der Waals surface area (Å²) < 4.78 is 4.62. The first kappa shape index (κ1) is 26.0. The fourth-order valence-corrected chi connectivity index (χ4v) is 3.18. The van der Waals surface area contributed by atoms with Crippen LogP contribution in [0.3, 0.4) is 0 Å². The van der Waals surface area contributed by atoms with Gasteiger partial charge in [0.15, 0.2) is 0 Å². The van der Waals surface area contributed by atoms with Crippen LogP contribution in [-0.4, -0.2) is 13.1 Å². The number of methoxy groups -OCH3 is 1. The van der Waals surface area contributed by atoms with Crippen molar-refractivity contribution in [3.63, 3.8) is 0 Å². The second kappa shape index (κ2) is 21.3. The molecule has 158 valence electrons. The molecule has 0 aliphatic heterocycles. The van der Waals surface area contributed by atoms with E-state index < -0.39 is 0 Å². The number of carbonyl (C=O) groups excluding carboxylic acids is 1. The highest BCUT2D eigenvalue weighted by Gasteiger charge is 1.97. The molecule has 0 saturated heterocycles. The Morgan fingerprint density at radius 3 is 1.63 bits per heavy atom. The molecule has 0 heterocycles. The zero-order valence-electron chi connectivity index (χ0n) is 18.5. The van der Waals surface area contributed by atoms with Crippen LogP contribution in [-0.2, 0) is 9.53 Å². The third-order valence-electron chi connectivity index (χ3n) is 4.96. The van der Waals surface area contributed by atoms with Crippen molar-refractivity contribution >= 4 is 5.97 Å². The molecule has 0 aromatic rings. The fraction of sp³-hybridized carbons (Fsp3) is 0.800. The van der Waals surface area contributed by atoms with E-state index in [2.05, 4.69) is 42.9 Å². The number of rotatable bonds is 19. The van der Waals surface area contributed by atoms with Gasteiger partial charge in [-0.05, 0) is 44.4 Å². The predicted octanol–water partition coefficient (Wildman–Crippen LogP) is 8.17. The maximum absolute atomic E-state index is 11.0. The molecular weight excluding hydrogens is 332 g/mol. The number of carbonyl (C=O) groups is 1. The molecule has 0 aromatic heterocycles. The normalized spacial score (nSPS) is 11.9. The molecule has 0 atom stereocenters. The summed E-state index contributed by atoms with van der Waals surface area (Å²) in [4.78, 5) is 11.0. The van der Waals surface area contributed by atoms with Crippen LogP contribution in [0.4, 0.5) is 0 Å². The highest BCUT2D eigenvalue weighted by molar-refractivity contribution is 5.68. The molecule has 0 spiro atoms. The summed E-state index contributed by atoms with van der Waals surface area (Å²) in [5, 5.41) is 0. The van der Waals surface area contributed by atoms with Crippen molar-refractivity contribution in [1.29, 1.82) is 0 Å². The van der Waals surface area contributed by atoms with Crippen molar-refractivity contribution in [2.75, 3.05) is 7.11 Å². The van der Waals surface area contributed by atoms with E-state index in [4.69, 9.17) is 0 Å². The van der Waals surface area contributed by atoms with Crippen LogP contribution >= 0.6 is 0 Å². The number of esters is 1. The zero-order valence-corrected chi connectivity index (χ0v) is 18.5. The van der Waals surface area contributed by atoms with E-state index in [0.29, 0.717) is 6.42 Å². The standard InChI is InChI=1S/C25H46O2/c1-24(2)22-20-18-16-14-12-10-8-6-4-5-7-9-11-13-15-17-19-21-23-25(26)27-3/h7,9,15,17,24H,4-6,8,10-14,16,18-23H2,1-3H3. The summed E-state index contributed by atoms with van der Waals surface area (Å²) in [5.74, 6) is 0.767. The molecule has 2 nitrogen and oxygen atoms in total. The molecular formula is C25H46O2. The molecule has 0 aromatic carbocycles. The lowest BCUT2D eigenvalue weighted by Crippen LogP contribution is -1.98. The van der Waals surface area contributed by atoms with Gasteiger partial charge in [-0.25, -0.2) is 0 Å². The maximum Gasteiger partial charge on any atom is 0.305 e. The van der Waals surface area contributed by atoms with Gasteiger partial charge in [-0.15, -0.1) is 0 Å². The van der Waals surface area contributed by atoms with Crippen molar-refractivity contribution in [2.45, 2.75) is 117 Å². The van der Waals surface area contributed by atoms with Crippen molar-refractivity contribution < 1.29 is 9.53 Å². The van der Waals surface area contributed by atoms with Gasteiger partial charge in [-0.2, -0.15) is 0 Å². The number of hydrogen-bond donors (Lipinski definition) is 0. The van der Waals surface area contributed by atoms with Crippen LogP contribution in [0.25, 0.3) is 0 Å². The quantitative estimate of drug-likeness (QED) is 0.129. The molecule has 0 aliphatic carbocycles. The fourth-order valence-electron chi connectivity index (χ4n) is 3.18. The Hall–Kier alpha value is -1.05. The lowest BCUT2D eigenvalue weighted by molar-refractivity contribution is -0.140. The van der Waals surface area contributed by atoms with Crippen LogP contribution in [0.2, 0.25) is 0 Å². The zero-order chi connectivity index (χ0) is 20.0. The molecule has 0 fully saturated rings. The molecule has 0 rings (SSSR count). The van der Waals surface area contributed by atoms with Gasteiger partial charge in [0, 0.05) is 6.42 Å². The van der Waals surface area contributed by atoms with Crippen molar-refractivity contribution in [3.05, 3.63) is 24.3 Å². The SMILES string of the molecule is COC(=O)CCCC=CCCC=CCCCCCCCCCCCC(C)C. The summed E-state index contributed by atoms with van der Waals surface area (Å²) in [7, 11) is 1.45. The van der Waals surface area contributed by atoms with E-state index in [9.17, 15) is 4.79 Å². The van der Waals surface area contributed by atoms with Gasteiger partial charge in [-0.1, -0.05) is 95.9 Å². The number of allylic oxidation sites excluding steroid dienone is 4. The Morgan fingerprint density at radius 2 is 1.11 bits per heavy atom. The summed E-state index contributed by atoms with van der Waals surface area (Å²) in [6.07, 6.45) is 29.1. The van der Waals surface area contributed by atoms with E-state index in [-0.39, 0.29) is 5.97 Å². The highest BCUT2D eigenvalue weighted by Crippen LogP contribution is 2.13. The summed E-state index contributed by atoms with van der Waals surface area (Å²) in [6, 6.07) is 0. The molecule has 0 unspecified atom stereocenters. The van der Waals surface area contributed by atoms with Crippen molar-refractivity contribution in [1.82, 2.24) is 0 Å². The number of hydrogen-bond acceptors (Lipinski definition) is 2. The largest absolute Gasteiger partial charge is 0.469 e. The summed E-state index contributed by atoms with van der Waals surface area (Å²) in [5.41, 5.74) is 0. The van der Waals surface area contributed by atoms with E-state index in [1.54, 1.807) is 0 Å². The predicted molar refractivity (Wildman–Crippen MR) is 119 cm³/mol. The van der Waals surface area contributed by atoms with E-state index in [0.717, 1.165) is 31.6 Å². The minimum absolute atomic E-state index is 0.108. The molecule has 0 aliphatic rings. The Kier molecular flexibility index (Phi) is 20.4. The average molecular weight is 379 g/mol. The van der Waals surface area contributed by atoms with Crippen LogP contribution in [0.1, 0.15) is 117 Å². The van der Waals surface area contributed by atoms with Gasteiger partial charge in [0.1, 0.15) is 0 Å². The lowest BCUT2D eigenvalue weighted by atomic mass is 10.0. The van der Waals surface area contributed by atoms with E-state index in [1.807, 2.05) is 0 Å². The second-order valence-corrected chi connectivity index (χ2v) is 8.14. The monoisotopic (exact) mass is 378 g/mol. The first-order valence-corrected chi connectivity index (χ1v) is 11.5. The minimum atomic E-state index is -0.108. The van der Waals surface area contributed by atoms with Gasteiger partial charge in [0.05, 0.1) is 7.11 Å². The minimum Gasteiger partial charge on any atom is -0.469 e. The number of ether oxygens (including phenoxy) is 1. The lowest BCUT2D eigenvalue weighted by Gasteiger charge is -2.04. The molecule has 0 amide bonds. The first-order chi connectivity index (χ1) is 13.2. The van der Waals surface area contributed by atoms with E-state index >= 15 is 0 Å². The van der Waals surface area contributed by atoms with E-state index in [1.165, 1.54) is 77.7 Å². The van der Waals surface area contributed by atoms with Gasteiger partial charge in [-0.3, -0.25) is 4.79 Å². The molecule has 0 N–H and O–H groups in total. The van der Waals surface area contributed by atoms with Crippen LogP contribution in [0, 0.1) is 5.92 Å². The van der Waals surface area contributed by atoms with Gasteiger partial charge in [0.2, 0.25) is 0 Å². The summed E-state index contributed by atoms with van der Waals surface area (Å²) in [6.45, 7) is 4.65. The third kappa shape index (κ3) is 22.9. The summed E-state index contributed by atoms with van der Waals surface area (Å²) >= 11 is 0. The molecule has 0 radical (unpaired) electrons. The van der Waals surface area contributed by atoms with Crippen LogP contribution in [0.15, 0.2) is 24.3 Å². The van der Waals surface area contributed by atoms with Gasteiger partial charge < -0.3 is 4.74 Å². The van der Waals surface area contributed by atoms with Crippen molar-refractivity contribution in [2.24, 2.45) is 5.92 Å². The van der Waals surface area contributed by atoms with Gasteiger partial charge >= 0.3 is 5.97 Å². The molecule has 2 heteroatoms. The third-order valence-corrected chi connectivity index (χ3v) is 4.96. The average Bonchev–Trinajstić information content (AvgIpc) is 2.65. The van der Waals surface area contributed by atoms with Crippen LogP contribution in [0.5, 0.6) is 0 Å². The number of unbranched alkanes of at least 4 members (excludes halogenated alkanes) is 11.